The molecule has 6 nitrogen and oxygen atoms in total. The number of nitrogens with one attached hydrogen (secondary N) is 2. The molecule has 1 aromatic heterocycles. The van der Waals surface area contributed by atoms with E-state index in [0.29, 0.717) is 6.54 Å². The Bertz CT molecular complexity index is 503. The van der Waals surface area contributed by atoms with Gasteiger partial charge in [0, 0.05) is 19.8 Å². The number of rotatable bonds is 4. The summed E-state index contributed by atoms with van der Waals surface area (Å²) in [6.45, 7) is 4.50. The van der Waals surface area contributed by atoms with Crippen LogP contribution >= 0.6 is 0 Å². The van der Waals surface area contributed by atoms with Crippen molar-refractivity contribution in [3.8, 4) is 0 Å². The average molecular weight is 272 g/mol. The molecule has 102 valence electrons. The summed E-state index contributed by atoms with van der Waals surface area (Å²) in [5.41, 5.74) is 0.0422. The topological polar surface area (TPSA) is 76.0 Å². The predicted octanol–water partition coefficient (Wildman–Crippen LogP) is 0.0881. The Morgan fingerprint density at radius 2 is 2.17 bits per heavy atom. The summed E-state index contributed by atoms with van der Waals surface area (Å²) in [4.78, 5) is 0.225. The van der Waals surface area contributed by atoms with E-state index < -0.39 is 10.0 Å². The standard InChI is InChI=1S/C11H20N4O2S/c1-11(3-5-12-6-4-11)9-14-18(16,17)10-7-13-15(2)8-10/h7-8,12,14H,3-6,9H2,1-2H3. The smallest absolute Gasteiger partial charge is 0.243 e. The van der Waals surface area contributed by atoms with Crippen molar-refractivity contribution in [3.63, 3.8) is 0 Å². The van der Waals surface area contributed by atoms with Crippen LogP contribution in [0.5, 0.6) is 0 Å². The van der Waals surface area contributed by atoms with Gasteiger partial charge in [-0.3, -0.25) is 4.68 Å². The van der Waals surface area contributed by atoms with Crippen molar-refractivity contribution < 1.29 is 8.42 Å². The predicted molar refractivity (Wildman–Crippen MR) is 68.6 cm³/mol. The summed E-state index contributed by atoms with van der Waals surface area (Å²) >= 11 is 0. The molecule has 0 amide bonds. The molecule has 0 unspecified atom stereocenters. The maximum absolute atomic E-state index is 12.1. The van der Waals surface area contributed by atoms with E-state index in [1.807, 2.05) is 0 Å². The highest BCUT2D eigenvalue weighted by Crippen LogP contribution is 2.27. The summed E-state index contributed by atoms with van der Waals surface area (Å²) in [6.07, 6.45) is 4.85. The second-order valence-corrected chi connectivity index (χ2v) is 7.00. The van der Waals surface area contributed by atoms with Crippen molar-refractivity contribution in [1.82, 2.24) is 19.8 Å². The van der Waals surface area contributed by atoms with Crippen LogP contribution in [0.4, 0.5) is 0 Å². The number of hydrogen-bond acceptors (Lipinski definition) is 4. The molecule has 0 aromatic carbocycles. The zero-order valence-corrected chi connectivity index (χ0v) is 11.6. The summed E-state index contributed by atoms with van der Waals surface area (Å²) in [5.74, 6) is 0. The fourth-order valence-electron chi connectivity index (χ4n) is 2.10. The highest BCUT2D eigenvalue weighted by molar-refractivity contribution is 7.89. The van der Waals surface area contributed by atoms with Crippen molar-refractivity contribution in [2.45, 2.75) is 24.7 Å². The monoisotopic (exact) mass is 272 g/mol. The van der Waals surface area contributed by atoms with Crippen LogP contribution in [0.25, 0.3) is 0 Å². The second-order valence-electron chi connectivity index (χ2n) is 5.23. The fourth-order valence-corrected chi connectivity index (χ4v) is 3.28. The average Bonchev–Trinajstić information content (AvgIpc) is 2.76. The van der Waals surface area contributed by atoms with Crippen molar-refractivity contribution >= 4 is 10.0 Å². The molecule has 1 aromatic rings. The van der Waals surface area contributed by atoms with Gasteiger partial charge in [-0.1, -0.05) is 6.92 Å². The molecule has 1 fully saturated rings. The molecule has 0 aliphatic carbocycles. The van der Waals surface area contributed by atoms with E-state index in [-0.39, 0.29) is 10.3 Å². The zero-order valence-electron chi connectivity index (χ0n) is 10.8. The molecule has 0 radical (unpaired) electrons. The Morgan fingerprint density at radius 1 is 1.50 bits per heavy atom. The molecule has 0 spiro atoms. The second kappa shape index (κ2) is 4.99. The summed E-state index contributed by atoms with van der Waals surface area (Å²) in [7, 11) is -1.73. The summed E-state index contributed by atoms with van der Waals surface area (Å²) in [6, 6.07) is 0. The van der Waals surface area contributed by atoms with Crippen LogP contribution < -0.4 is 10.0 Å². The van der Waals surface area contributed by atoms with E-state index in [2.05, 4.69) is 22.1 Å². The molecule has 7 heteroatoms. The number of sulfonamides is 1. The first-order valence-electron chi connectivity index (χ1n) is 6.10. The third kappa shape index (κ3) is 3.09. The van der Waals surface area contributed by atoms with Gasteiger partial charge >= 0.3 is 0 Å². The van der Waals surface area contributed by atoms with Crippen LogP contribution in [0.1, 0.15) is 19.8 Å². The van der Waals surface area contributed by atoms with Gasteiger partial charge in [-0.15, -0.1) is 0 Å². The highest BCUT2D eigenvalue weighted by atomic mass is 32.2. The third-order valence-corrected chi connectivity index (χ3v) is 4.85. The van der Waals surface area contributed by atoms with Gasteiger partial charge in [-0.2, -0.15) is 5.10 Å². The van der Waals surface area contributed by atoms with Gasteiger partial charge in [0.1, 0.15) is 4.90 Å². The van der Waals surface area contributed by atoms with Gasteiger partial charge in [0.25, 0.3) is 0 Å². The van der Waals surface area contributed by atoms with E-state index in [1.165, 1.54) is 17.1 Å². The lowest BCUT2D eigenvalue weighted by Gasteiger charge is -2.33. The third-order valence-electron chi connectivity index (χ3n) is 3.49. The Balaban J connectivity index is 2.01. The van der Waals surface area contributed by atoms with E-state index in [9.17, 15) is 8.42 Å². The van der Waals surface area contributed by atoms with Crippen LogP contribution in [0.15, 0.2) is 17.3 Å². The van der Waals surface area contributed by atoms with Crippen molar-refractivity contribution in [1.29, 1.82) is 0 Å². The molecule has 1 saturated heterocycles. The van der Waals surface area contributed by atoms with Crippen LogP contribution in [0.2, 0.25) is 0 Å². The van der Waals surface area contributed by atoms with E-state index >= 15 is 0 Å². The van der Waals surface area contributed by atoms with Crippen LogP contribution in [-0.2, 0) is 17.1 Å². The van der Waals surface area contributed by atoms with Gasteiger partial charge in [0.05, 0.1) is 6.20 Å². The maximum Gasteiger partial charge on any atom is 0.243 e. The summed E-state index contributed by atoms with van der Waals surface area (Å²) in [5, 5.41) is 7.16. The molecule has 0 saturated carbocycles. The normalized spacial score (nSPS) is 19.9. The van der Waals surface area contributed by atoms with Crippen LogP contribution in [0.3, 0.4) is 0 Å². The zero-order chi connectivity index (χ0) is 13.2. The van der Waals surface area contributed by atoms with Gasteiger partial charge < -0.3 is 5.32 Å². The fraction of sp³-hybridized carbons (Fsp3) is 0.727. The van der Waals surface area contributed by atoms with Gasteiger partial charge in [0.2, 0.25) is 10.0 Å². The first kappa shape index (κ1) is 13.5. The minimum absolute atomic E-state index is 0.0422. The molecular weight excluding hydrogens is 252 g/mol. The lowest BCUT2D eigenvalue weighted by molar-refractivity contribution is 0.232. The number of nitrogens with zero attached hydrogens (tertiary/aromatic N) is 2. The lowest BCUT2D eigenvalue weighted by Crippen LogP contribution is -2.42. The Hall–Kier alpha value is -0.920. The van der Waals surface area contributed by atoms with E-state index in [1.54, 1.807) is 7.05 Å². The number of piperidine rings is 1. The molecule has 1 aliphatic heterocycles. The highest BCUT2D eigenvalue weighted by Gasteiger charge is 2.28. The molecule has 1 aliphatic rings. The molecule has 2 heterocycles. The van der Waals surface area contributed by atoms with Crippen LogP contribution in [0, 0.1) is 5.41 Å². The minimum Gasteiger partial charge on any atom is -0.317 e. The molecule has 18 heavy (non-hydrogen) atoms. The molecule has 2 rings (SSSR count). The molecule has 0 atom stereocenters. The number of aryl methyl sites for hydroxylation is 1. The van der Waals surface area contributed by atoms with Gasteiger partial charge in [-0.05, 0) is 31.3 Å². The van der Waals surface area contributed by atoms with E-state index in [4.69, 9.17) is 0 Å². The first-order chi connectivity index (χ1) is 8.41. The lowest BCUT2D eigenvalue weighted by atomic mass is 9.81. The first-order valence-corrected chi connectivity index (χ1v) is 7.59. The molecule has 2 N–H and O–H groups in total. The Morgan fingerprint density at radius 3 is 2.72 bits per heavy atom. The molecular formula is C11H20N4O2S. The van der Waals surface area contributed by atoms with Gasteiger partial charge in [0.15, 0.2) is 0 Å². The molecule has 0 bridgehead atoms. The van der Waals surface area contributed by atoms with Crippen molar-refractivity contribution in [3.05, 3.63) is 12.4 Å². The largest absolute Gasteiger partial charge is 0.317 e. The number of aromatic nitrogens is 2. The maximum atomic E-state index is 12.1. The van der Waals surface area contributed by atoms with E-state index in [0.717, 1.165) is 25.9 Å². The SMILES string of the molecule is Cn1cc(S(=O)(=O)NCC2(C)CCNCC2)cn1. The van der Waals surface area contributed by atoms with Crippen molar-refractivity contribution in [2.24, 2.45) is 12.5 Å². The minimum atomic E-state index is -3.43. The van der Waals surface area contributed by atoms with Gasteiger partial charge in [-0.25, -0.2) is 13.1 Å². The summed E-state index contributed by atoms with van der Waals surface area (Å²) < 4.78 is 28.3. The van der Waals surface area contributed by atoms with Crippen molar-refractivity contribution in [2.75, 3.05) is 19.6 Å². The quantitative estimate of drug-likeness (QED) is 0.814. The number of hydrogen-bond donors (Lipinski definition) is 2. The van der Waals surface area contributed by atoms with Crippen LogP contribution in [-0.4, -0.2) is 37.8 Å². The Labute approximate surface area is 108 Å². The Kier molecular flexibility index (Phi) is 3.74.